The lowest BCUT2D eigenvalue weighted by molar-refractivity contribution is -0.137. The normalized spacial score (nSPS) is 34.6. The Balaban J connectivity index is 1.32. The molecule has 0 aromatic carbocycles. The van der Waals surface area contributed by atoms with Crippen LogP contribution in [0.25, 0.3) is 0 Å². The van der Waals surface area contributed by atoms with E-state index in [1.807, 2.05) is 22.2 Å². The molecule has 4 unspecified atom stereocenters. The topological polar surface area (TPSA) is 134 Å². The van der Waals surface area contributed by atoms with Gasteiger partial charge in [0.05, 0.1) is 31.4 Å². The van der Waals surface area contributed by atoms with E-state index in [0.717, 1.165) is 50.5 Å². The molecule has 5 rings (SSSR count). The summed E-state index contributed by atoms with van der Waals surface area (Å²) in [5, 5.41) is 17.0. The molecule has 1 amide bonds. The number of aromatic nitrogens is 2. The van der Waals surface area contributed by atoms with E-state index in [1.54, 1.807) is 6.20 Å². The van der Waals surface area contributed by atoms with E-state index in [0.29, 0.717) is 43.9 Å². The third kappa shape index (κ3) is 5.38. The zero-order chi connectivity index (χ0) is 27.6. The predicted molar refractivity (Wildman–Crippen MR) is 148 cm³/mol. The molecule has 0 bridgehead atoms. The number of aliphatic imine (C=N–C) groups is 1. The van der Waals surface area contributed by atoms with E-state index in [-0.39, 0.29) is 35.4 Å². The van der Waals surface area contributed by atoms with Crippen LogP contribution in [0.5, 0.6) is 0 Å². The van der Waals surface area contributed by atoms with Gasteiger partial charge in [-0.25, -0.2) is 10.1 Å². The van der Waals surface area contributed by atoms with Gasteiger partial charge < -0.3 is 25.8 Å². The van der Waals surface area contributed by atoms with Crippen molar-refractivity contribution < 1.29 is 14.2 Å². The number of nitrogens with zero attached hydrogens (tertiary/aromatic N) is 5. The second kappa shape index (κ2) is 12.0. The third-order valence-corrected chi connectivity index (χ3v) is 9.62. The fourth-order valence-electron chi connectivity index (χ4n) is 7.41. The van der Waals surface area contributed by atoms with E-state index in [9.17, 15) is 4.79 Å². The van der Waals surface area contributed by atoms with Gasteiger partial charge in [0.25, 0.3) is 0 Å². The van der Waals surface area contributed by atoms with Crippen molar-refractivity contribution >= 4 is 11.7 Å². The number of hydroxylamine groups is 2. The average molecular weight is 543 g/mol. The largest absolute Gasteiger partial charge is 0.342 e. The molecule has 11 nitrogen and oxygen atoms in total. The number of rotatable bonds is 9. The number of amides is 1. The average Bonchev–Trinajstić information content (AvgIpc) is 3.60. The van der Waals surface area contributed by atoms with Crippen LogP contribution >= 0.6 is 0 Å². The number of carbonyl (C=O) groups is 1. The summed E-state index contributed by atoms with van der Waals surface area (Å²) in [5.74, 6) is 3.28. The highest BCUT2D eigenvalue weighted by Gasteiger charge is 2.52. The summed E-state index contributed by atoms with van der Waals surface area (Å²) in [6, 6.07) is -0.499. The highest BCUT2D eigenvalue weighted by molar-refractivity contribution is 5.89. The van der Waals surface area contributed by atoms with Gasteiger partial charge in [-0.2, -0.15) is 0 Å². The van der Waals surface area contributed by atoms with E-state index in [1.165, 1.54) is 0 Å². The maximum absolute atomic E-state index is 12.8. The van der Waals surface area contributed by atoms with Crippen molar-refractivity contribution in [3.05, 3.63) is 24.2 Å². The summed E-state index contributed by atoms with van der Waals surface area (Å²) >= 11 is 0. The molecule has 3 fully saturated rings. The highest BCUT2D eigenvalue weighted by Crippen LogP contribution is 2.48. The molecule has 11 heteroatoms. The zero-order valence-corrected chi connectivity index (χ0v) is 23.9. The second-order valence-electron chi connectivity index (χ2n) is 12.2. The molecule has 216 valence electrons. The number of piperidine rings is 2. The first-order valence-corrected chi connectivity index (χ1v) is 14.8. The molecule has 4 aliphatic rings. The van der Waals surface area contributed by atoms with Gasteiger partial charge >= 0.3 is 0 Å². The summed E-state index contributed by atoms with van der Waals surface area (Å²) < 4.78 is 5.78. The number of hydrogen-bond donors (Lipinski definition) is 3. The van der Waals surface area contributed by atoms with Crippen LogP contribution in [0.4, 0.5) is 0 Å². The van der Waals surface area contributed by atoms with Gasteiger partial charge in [-0.3, -0.25) is 9.63 Å². The number of carbonyl (C=O) groups excluding carboxylic acids is 1. The summed E-state index contributed by atoms with van der Waals surface area (Å²) in [7, 11) is 0. The zero-order valence-electron chi connectivity index (χ0n) is 23.9. The standard InChI is InChI=1S/C28H46N8O3/c1-5-20(28(23-16-33-34-39-23)8-10-30-14-21(28)18(2)3)17-38-36-11-6-9-31-27(36)26-25(29)22(15-32-26)35-12-7-19(4)13-24(35)37/h6,9,16,18-22,25-26,30,32H,5,7-8,10-15,17,29H2,1-4H3/t19?,20?,21?,22-,25+,26-,28?/m0/s1. The van der Waals surface area contributed by atoms with Crippen LogP contribution in [0.1, 0.15) is 59.1 Å². The monoisotopic (exact) mass is 542 g/mol. The Bertz CT molecular complexity index is 1030. The Morgan fingerprint density at radius 1 is 1.33 bits per heavy atom. The summed E-state index contributed by atoms with van der Waals surface area (Å²) in [4.78, 5) is 26.1. The summed E-state index contributed by atoms with van der Waals surface area (Å²) in [5.41, 5.74) is 6.58. The van der Waals surface area contributed by atoms with E-state index in [2.05, 4.69) is 48.7 Å². The summed E-state index contributed by atoms with van der Waals surface area (Å²) in [6.45, 7) is 13.3. The molecule has 0 saturated carbocycles. The Morgan fingerprint density at radius 3 is 2.90 bits per heavy atom. The number of hydrogen-bond acceptors (Lipinski definition) is 10. The molecule has 0 spiro atoms. The van der Waals surface area contributed by atoms with Crippen LogP contribution in [0.3, 0.4) is 0 Å². The van der Waals surface area contributed by atoms with Gasteiger partial charge in [-0.1, -0.05) is 34.1 Å². The second-order valence-corrected chi connectivity index (χ2v) is 12.2. The molecule has 0 radical (unpaired) electrons. The van der Waals surface area contributed by atoms with Crippen LogP contribution in [-0.4, -0.2) is 89.5 Å². The molecular weight excluding hydrogens is 496 g/mol. The first-order valence-electron chi connectivity index (χ1n) is 14.8. The van der Waals surface area contributed by atoms with Gasteiger partial charge in [0.2, 0.25) is 5.91 Å². The van der Waals surface area contributed by atoms with E-state index >= 15 is 0 Å². The van der Waals surface area contributed by atoms with E-state index < -0.39 is 0 Å². The number of likely N-dealkylation sites (tertiary alicyclic amines) is 1. The molecule has 4 aliphatic heterocycles. The van der Waals surface area contributed by atoms with Crippen molar-refractivity contribution in [2.45, 2.75) is 76.9 Å². The van der Waals surface area contributed by atoms with Crippen molar-refractivity contribution in [1.82, 2.24) is 31.0 Å². The molecule has 3 saturated heterocycles. The molecule has 5 heterocycles. The fraction of sp³-hybridized carbons (Fsp3) is 0.786. The van der Waals surface area contributed by atoms with E-state index in [4.69, 9.17) is 20.1 Å². The van der Waals surface area contributed by atoms with Gasteiger partial charge in [0.15, 0.2) is 5.76 Å². The minimum atomic E-state index is -0.262. The van der Waals surface area contributed by atoms with Crippen LogP contribution < -0.4 is 16.4 Å². The third-order valence-electron chi connectivity index (χ3n) is 9.62. The predicted octanol–water partition coefficient (Wildman–Crippen LogP) is 1.68. The van der Waals surface area contributed by atoms with Gasteiger partial charge in [0.1, 0.15) is 5.84 Å². The van der Waals surface area contributed by atoms with Crippen molar-refractivity contribution in [2.24, 2.45) is 34.4 Å². The fourth-order valence-corrected chi connectivity index (χ4v) is 7.41. The molecule has 7 atom stereocenters. The Kier molecular flexibility index (Phi) is 8.70. The first-order chi connectivity index (χ1) is 18.9. The minimum Gasteiger partial charge on any atom is -0.342 e. The number of amidine groups is 1. The minimum absolute atomic E-state index is 0.0439. The molecular formula is C28H46N8O3. The number of nitrogens with two attached hydrogens (primary N) is 1. The number of nitrogens with one attached hydrogen (secondary N) is 2. The van der Waals surface area contributed by atoms with Gasteiger partial charge in [-0.15, -0.1) is 5.10 Å². The highest BCUT2D eigenvalue weighted by atomic mass is 16.7. The Labute approximate surface area is 231 Å². The quantitative estimate of drug-likeness (QED) is 0.426. The lowest BCUT2D eigenvalue weighted by atomic mass is 9.58. The molecule has 1 aromatic rings. The van der Waals surface area contributed by atoms with Crippen molar-refractivity contribution in [1.29, 1.82) is 0 Å². The lowest BCUT2D eigenvalue weighted by Gasteiger charge is -2.49. The Morgan fingerprint density at radius 2 is 2.18 bits per heavy atom. The summed E-state index contributed by atoms with van der Waals surface area (Å²) in [6.07, 6.45) is 9.10. The maximum atomic E-state index is 12.8. The SMILES string of the molecule is CCC(CON1CC=CN=C1[C@H]1NC[C@H](N2CCC(C)CC2=O)[C@H]1N)C1(c2cnno2)CCNCC1C(C)C. The Hall–Kier alpha value is -2.34. The van der Waals surface area contributed by atoms with Crippen LogP contribution in [0, 0.1) is 23.7 Å². The first kappa shape index (κ1) is 28.2. The van der Waals surface area contributed by atoms with Crippen molar-refractivity contribution in [3.63, 3.8) is 0 Å². The smallest absolute Gasteiger partial charge is 0.223 e. The van der Waals surface area contributed by atoms with Crippen LogP contribution in [0.15, 0.2) is 28.0 Å². The molecule has 1 aromatic heterocycles. The lowest BCUT2D eigenvalue weighted by Crippen LogP contribution is -2.58. The van der Waals surface area contributed by atoms with Crippen molar-refractivity contribution in [3.8, 4) is 0 Å². The van der Waals surface area contributed by atoms with Crippen molar-refractivity contribution in [2.75, 3.05) is 39.3 Å². The van der Waals surface area contributed by atoms with Crippen LogP contribution in [0.2, 0.25) is 0 Å². The maximum Gasteiger partial charge on any atom is 0.223 e. The molecule has 4 N–H and O–H groups in total. The molecule has 39 heavy (non-hydrogen) atoms. The molecule has 0 aliphatic carbocycles. The van der Waals surface area contributed by atoms with Crippen LogP contribution in [-0.2, 0) is 15.0 Å². The van der Waals surface area contributed by atoms with Gasteiger partial charge in [-0.05, 0) is 55.7 Å². The van der Waals surface area contributed by atoms with Gasteiger partial charge in [0, 0.05) is 42.4 Å².